The third kappa shape index (κ3) is 8.23. The first-order chi connectivity index (χ1) is 9.13. The maximum atomic E-state index is 11.4. The molecule has 0 aliphatic carbocycles. The Morgan fingerprint density at radius 3 is 1.45 bits per heavy atom. The van der Waals surface area contributed by atoms with Crippen LogP contribution in [0, 0.1) is 0 Å². The van der Waals surface area contributed by atoms with Crippen LogP contribution in [0.15, 0.2) is 0 Å². The average Bonchev–Trinajstić information content (AvgIpc) is 2.26. The van der Waals surface area contributed by atoms with Gasteiger partial charge in [-0.3, -0.25) is 23.2 Å². The first-order valence-corrected chi connectivity index (χ1v) is 6.93. The van der Waals surface area contributed by atoms with Gasteiger partial charge < -0.3 is 19.7 Å². The van der Waals surface area contributed by atoms with Crippen molar-refractivity contribution in [3.63, 3.8) is 0 Å². The van der Waals surface area contributed by atoms with Crippen molar-refractivity contribution in [3.8, 4) is 0 Å². The van der Waals surface area contributed by atoms with Crippen molar-refractivity contribution in [2.75, 3.05) is 0 Å². The normalized spacial score (nSPS) is 18.5. The van der Waals surface area contributed by atoms with Crippen LogP contribution in [-0.2, 0) is 32.7 Å². The van der Waals surface area contributed by atoms with E-state index in [4.69, 9.17) is 0 Å². The largest absolute Gasteiger partial charge is 0.457 e. The van der Waals surface area contributed by atoms with Gasteiger partial charge in [0.2, 0.25) is 12.6 Å². The molecule has 0 rings (SSSR count). The molecule has 0 fully saturated rings. The molecule has 0 aliphatic heterocycles. The van der Waals surface area contributed by atoms with E-state index in [9.17, 15) is 24.4 Å². The fourth-order valence-electron chi connectivity index (χ4n) is 1.06. The predicted molar refractivity (Wildman–Crippen MR) is 65.6 cm³/mol. The molecule has 0 radical (unpaired) electrons. The van der Waals surface area contributed by atoms with Gasteiger partial charge in [-0.15, -0.1) is 0 Å². The summed E-state index contributed by atoms with van der Waals surface area (Å²) in [4.78, 5) is 21.3. The fourth-order valence-corrected chi connectivity index (χ4v) is 1.89. The summed E-state index contributed by atoms with van der Waals surface area (Å²) < 4.78 is 29.7. The molecule has 0 spiro atoms. The van der Waals surface area contributed by atoms with Gasteiger partial charge in [0.1, 0.15) is 12.2 Å². The van der Waals surface area contributed by atoms with Gasteiger partial charge in [-0.05, 0) is 13.8 Å². The Labute approximate surface area is 116 Å². The first-order valence-electron chi connectivity index (χ1n) is 5.71. The van der Waals surface area contributed by atoms with Crippen LogP contribution in [0.4, 0.5) is 0 Å². The van der Waals surface area contributed by atoms with Gasteiger partial charge >= 0.3 is 20.2 Å². The number of hydrogen-bond donors (Lipinski definition) is 2. The molecule has 0 heterocycles. The number of aliphatic hydroxyl groups is 2. The van der Waals surface area contributed by atoms with Crippen molar-refractivity contribution in [2.24, 2.45) is 0 Å². The highest BCUT2D eigenvalue weighted by Crippen LogP contribution is 2.29. The van der Waals surface area contributed by atoms with E-state index in [1.54, 1.807) is 0 Å². The van der Waals surface area contributed by atoms with E-state index >= 15 is 0 Å². The lowest BCUT2D eigenvalue weighted by Gasteiger charge is -2.21. The number of carbonyl (C=O) groups excluding carboxylic acids is 2. The number of ether oxygens (including phenoxy) is 2. The SMILES string of the molecule is CC(=O)OC(C)C(O)O[PH](=O)OC(O)C(C)OC(C)=O. The van der Waals surface area contributed by atoms with Crippen molar-refractivity contribution in [3.05, 3.63) is 0 Å². The molecule has 0 amide bonds. The van der Waals surface area contributed by atoms with Gasteiger partial charge in [-0.2, -0.15) is 0 Å². The minimum atomic E-state index is -3.28. The smallest absolute Gasteiger partial charge is 0.324 e. The van der Waals surface area contributed by atoms with Gasteiger partial charge in [-0.1, -0.05) is 0 Å². The summed E-state index contributed by atoms with van der Waals surface area (Å²) in [7, 11) is -3.28. The second-order valence-corrected chi connectivity index (χ2v) is 4.87. The van der Waals surface area contributed by atoms with E-state index in [-0.39, 0.29) is 0 Å². The number of aliphatic hydroxyl groups excluding tert-OH is 2. The fraction of sp³-hybridized carbons (Fsp3) is 0.800. The van der Waals surface area contributed by atoms with E-state index in [0.29, 0.717) is 0 Å². The van der Waals surface area contributed by atoms with E-state index in [1.165, 1.54) is 13.8 Å². The number of hydrogen-bond acceptors (Lipinski definition) is 9. The Morgan fingerprint density at radius 2 is 1.20 bits per heavy atom. The summed E-state index contributed by atoms with van der Waals surface area (Å²) in [6, 6.07) is 0. The molecular weight excluding hydrogens is 295 g/mol. The molecule has 0 saturated carbocycles. The lowest BCUT2D eigenvalue weighted by Crippen LogP contribution is -2.31. The van der Waals surface area contributed by atoms with Crippen molar-refractivity contribution in [1.82, 2.24) is 0 Å². The summed E-state index contributed by atoms with van der Waals surface area (Å²) in [5.41, 5.74) is 0. The summed E-state index contributed by atoms with van der Waals surface area (Å²) in [5.74, 6) is -1.30. The molecule has 118 valence electrons. The molecule has 9 nitrogen and oxygen atoms in total. The monoisotopic (exact) mass is 314 g/mol. The molecular formula is C10H19O9P. The molecule has 0 bridgehead atoms. The molecule has 0 aromatic heterocycles. The van der Waals surface area contributed by atoms with Gasteiger partial charge in [0.15, 0.2) is 0 Å². The van der Waals surface area contributed by atoms with Gasteiger partial charge in [0.05, 0.1) is 0 Å². The van der Waals surface area contributed by atoms with Crippen LogP contribution in [0.5, 0.6) is 0 Å². The number of carbonyl (C=O) groups is 2. The zero-order chi connectivity index (χ0) is 15.9. The predicted octanol–water partition coefficient (Wildman–Crippen LogP) is -0.0507. The standard InChI is InChI=1S/C10H19O9P/c1-5(16-7(3)11)9(13)18-20(15)19-10(14)6(2)17-8(4)12/h5-6,9-10,13-14,20H,1-4H3. The van der Waals surface area contributed by atoms with Gasteiger partial charge in [0, 0.05) is 13.8 Å². The highest BCUT2D eigenvalue weighted by Gasteiger charge is 2.24. The maximum absolute atomic E-state index is 11.4. The second-order valence-electron chi connectivity index (χ2n) is 3.90. The van der Waals surface area contributed by atoms with E-state index in [2.05, 4.69) is 18.5 Å². The molecule has 0 aromatic rings. The van der Waals surface area contributed by atoms with Crippen molar-refractivity contribution < 1.29 is 42.9 Å². The molecule has 0 aliphatic rings. The summed E-state index contributed by atoms with van der Waals surface area (Å²) >= 11 is 0. The van der Waals surface area contributed by atoms with Crippen LogP contribution < -0.4 is 0 Å². The highest BCUT2D eigenvalue weighted by atomic mass is 31.1. The summed E-state index contributed by atoms with van der Waals surface area (Å²) in [6.45, 7) is 4.90. The maximum Gasteiger partial charge on any atom is 0.324 e. The molecule has 2 N–H and O–H groups in total. The van der Waals surface area contributed by atoms with E-state index in [1.807, 2.05) is 0 Å². The van der Waals surface area contributed by atoms with Crippen LogP contribution in [0.3, 0.4) is 0 Å². The first kappa shape index (κ1) is 19.0. The number of esters is 2. The van der Waals surface area contributed by atoms with Gasteiger partial charge in [0.25, 0.3) is 0 Å². The lowest BCUT2D eigenvalue weighted by atomic mass is 10.4. The summed E-state index contributed by atoms with van der Waals surface area (Å²) in [6.07, 6.45) is -5.48. The zero-order valence-corrected chi connectivity index (χ0v) is 12.6. The van der Waals surface area contributed by atoms with E-state index in [0.717, 1.165) is 13.8 Å². The van der Waals surface area contributed by atoms with Gasteiger partial charge in [-0.25, -0.2) is 0 Å². The lowest BCUT2D eigenvalue weighted by molar-refractivity contribution is -0.173. The van der Waals surface area contributed by atoms with Crippen molar-refractivity contribution in [1.29, 1.82) is 0 Å². The van der Waals surface area contributed by atoms with Crippen molar-refractivity contribution >= 4 is 20.2 Å². The minimum Gasteiger partial charge on any atom is -0.457 e. The molecule has 4 atom stereocenters. The average molecular weight is 314 g/mol. The summed E-state index contributed by atoms with van der Waals surface area (Å²) in [5, 5.41) is 18.8. The Bertz CT molecular complexity index is 327. The Kier molecular flexibility index (Phi) is 8.59. The van der Waals surface area contributed by atoms with Crippen molar-refractivity contribution in [2.45, 2.75) is 52.5 Å². The topological polar surface area (TPSA) is 129 Å². The van der Waals surface area contributed by atoms with Crippen LogP contribution in [-0.4, -0.2) is 46.9 Å². The molecule has 0 aromatic carbocycles. The quantitative estimate of drug-likeness (QED) is 0.360. The third-order valence-electron chi connectivity index (χ3n) is 1.94. The highest BCUT2D eigenvalue weighted by molar-refractivity contribution is 7.33. The van der Waals surface area contributed by atoms with Crippen LogP contribution in [0.25, 0.3) is 0 Å². The Hall–Kier alpha value is -0.990. The van der Waals surface area contributed by atoms with Crippen LogP contribution in [0.2, 0.25) is 0 Å². The Balaban J connectivity index is 4.21. The molecule has 20 heavy (non-hydrogen) atoms. The third-order valence-corrected chi connectivity index (χ3v) is 2.81. The second kappa shape index (κ2) is 9.04. The molecule has 4 unspecified atom stereocenters. The number of rotatable bonds is 8. The van der Waals surface area contributed by atoms with Crippen LogP contribution in [0.1, 0.15) is 27.7 Å². The molecule has 0 saturated heterocycles. The Morgan fingerprint density at radius 1 is 0.900 bits per heavy atom. The van der Waals surface area contributed by atoms with Crippen LogP contribution >= 0.6 is 8.25 Å². The van der Waals surface area contributed by atoms with E-state index < -0.39 is 45.0 Å². The molecule has 10 heteroatoms. The minimum absolute atomic E-state index is 0.649. The zero-order valence-electron chi connectivity index (χ0n) is 11.6.